The average molecular weight is 255 g/mol. The van der Waals surface area contributed by atoms with E-state index < -0.39 is 0 Å². The highest BCUT2D eigenvalue weighted by Gasteiger charge is 2.41. The molecule has 1 aromatic rings. The summed E-state index contributed by atoms with van der Waals surface area (Å²) >= 11 is 0. The van der Waals surface area contributed by atoms with E-state index in [4.69, 9.17) is 0 Å². The molecule has 3 rings (SSSR count). The maximum absolute atomic E-state index is 9.65. The number of nitriles is 1. The molecule has 0 bridgehead atoms. The van der Waals surface area contributed by atoms with Crippen LogP contribution in [0.5, 0.6) is 0 Å². The number of para-hydroxylation sites is 1. The minimum atomic E-state index is -0.193. The van der Waals surface area contributed by atoms with Crippen LogP contribution in [-0.2, 0) is 0 Å². The number of anilines is 1. The van der Waals surface area contributed by atoms with Gasteiger partial charge in [-0.15, -0.1) is 0 Å². The van der Waals surface area contributed by atoms with Gasteiger partial charge in [0.15, 0.2) is 0 Å². The van der Waals surface area contributed by atoms with E-state index in [0.717, 1.165) is 39.0 Å². The van der Waals surface area contributed by atoms with Gasteiger partial charge in [-0.2, -0.15) is 5.26 Å². The third kappa shape index (κ3) is 2.33. The van der Waals surface area contributed by atoms with E-state index in [1.807, 2.05) is 0 Å². The second-order valence-electron chi connectivity index (χ2n) is 5.66. The quantitative estimate of drug-likeness (QED) is 0.814. The molecule has 2 aliphatic heterocycles. The standard InChI is InChI=1S/C16H21N3/c17-14-16(19-10-4-5-11-19)8-12-18(13-9-16)15-6-2-1-3-7-15/h1-3,6-7H,4-5,8-13H2. The fourth-order valence-electron chi connectivity index (χ4n) is 3.42. The van der Waals surface area contributed by atoms with E-state index in [1.165, 1.54) is 18.5 Å². The highest BCUT2D eigenvalue weighted by Crippen LogP contribution is 2.33. The van der Waals surface area contributed by atoms with Crippen LogP contribution < -0.4 is 4.90 Å². The number of benzene rings is 1. The maximum atomic E-state index is 9.65. The van der Waals surface area contributed by atoms with E-state index in [9.17, 15) is 5.26 Å². The molecule has 0 N–H and O–H groups in total. The number of nitrogens with zero attached hydrogens (tertiary/aromatic N) is 3. The fourth-order valence-corrected chi connectivity index (χ4v) is 3.42. The van der Waals surface area contributed by atoms with Crippen molar-refractivity contribution in [2.45, 2.75) is 31.2 Å². The van der Waals surface area contributed by atoms with E-state index >= 15 is 0 Å². The molecule has 0 atom stereocenters. The first kappa shape index (κ1) is 12.5. The van der Waals surface area contributed by atoms with Gasteiger partial charge in [-0.05, 0) is 50.9 Å². The Morgan fingerprint density at radius 2 is 1.58 bits per heavy atom. The van der Waals surface area contributed by atoms with Gasteiger partial charge >= 0.3 is 0 Å². The summed E-state index contributed by atoms with van der Waals surface area (Å²) in [5.41, 5.74) is 1.09. The molecule has 2 fully saturated rings. The van der Waals surface area contributed by atoms with Crippen molar-refractivity contribution in [2.24, 2.45) is 0 Å². The highest BCUT2D eigenvalue weighted by atomic mass is 15.2. The first-order valence-corrected chi connectivity index (χ1v) is 7.30. The van der Waals surface area contributed by atoms with E-state index in [0.29, 0.717) is 0 Å². The lowest BCUT2D eigenvalue weighted by Crippen LogP contribution is -2.53. The van der Waals surface area contributed by atoms with Gasteiger partial charge in [0.05, 0.1) is 6.07 Å². The Morgan fingerprint density at radius 3 is 2.16 bits per heavy atom. The molecule has 2 heterocycles. The van der Waals surface area contributed by atoms with Crippen molar-refractivity contribution < 1.29 is 0 Å². The SMILES string of the molecule is N#CC1(N2CCCC2)CCN(c2ccccc2)CC1. The van der Waals surface area contributed by atoms with Crippen LogP contribution in [-0.4, -0.2) is 36.6 Å². The summed E-state index contributed by atoms with van der Waals surface area (Å²) in [7, 11) is 0. The minimum Gasteiger partial charge on any atom is -0.371 e. The number of hydrogen-bond acceptors (Lipinski definition) is 3. The molecular weight excluding hydrogens is 234 g/mol. The molecule has 0 spiro atoms. The fraction of sp³-hybridized carbons (Fsp3) is 0.562. The Kier molecular flexibility index (Phi) is 3.44. The molecule has 19 heavy (non-hydrogen) atoms. The van der Waals surface area contributed by atoms with Crippen LogP contribution in [0.4, 0.5) is 5.69 Å². The van der Waals surface area contributed by atoms with Crippen molar-refractivity contribution in [3.8, 4) is 6.07 Å². The molecule has 0 saturated carbocycles. The van der Waals surface area contributed by atoms with Gasteiger partial charge in [0.25, 0.3) is 0 Å². The van der Waals surface area contributed by atoms with Gasteiger partial charge in [0, 0.05) is 18.8 Å². The summed E-state index contributed by atoms with van der Waals surface area (Å²) in [6, 6.07) is 13.2. The summed E-state index contributed by atoms with van der Waals surface area (Å²) in [5, 5.41) is 9.65. The smallest absolute Gasteiger partial charge is 0.112 e. The normalized spacial score (nSPS) is 23.2. The molecule has 2 saturated heterocycles. The Labute approximate surface area is 115 Å². The van der Waals surface area contributed by atoms with Crippen molar-refractivity contribution in [3.05, 3.63) is 30.3 Å². The van der Waals surface area contributed by atoms with Crippen LogP contribution in [0.2, 0.25) is 0 Å². The predicted octanol–water partition coefficient (Wildman–Crippen LogP) is 2.64. The summed E-state index contributed by atoms with van der Waals surface area (Å²) in [5.74, 6) is 0. The second kappa shape index (κ2) is 5.22. The Hall–Kier alpha value is -1.53. The molecule has 0 unspecified atom stereocenters. The van der Waals surface area contributed by atoms with Crippen molar-refractivity contribution in [3.63, 3.8) is 0 Å². The molecule has 3 nitrogen and oxygen atoms in total. The van der Waals surface area contributed by atoms with Crippen LogP contribution in [0.1, 0.15) is 25.7 Å². The average Bonchev–Trinajstić information content (AvgIpc) is 3.03. The Balaban J connectivity index is 1.69. The molecule has 0 radical (unpaired) electrons. The van der Waals surface area contributed by atoms with Crippen molar-refractivity contribution in [1.82, 2.24) is 4.90 Å². The summed E-state index contributed by atoms with van der Waals surface area (Å²) in [4.78, 5) is 4.83. The number of likely N-dealkylation sites (tertiary alicyclic amines) is 1. The van der Waals surface area contributed by atoms with Crippen LogP contribution in [0, 0.1) is 11.3 Å². The maximum Gasteiger partial charge on any atom is 0.112 e. The highest BCUT2D eigenvalue weighted by molar-refractivity contribution is 5.47. The van der Waals surface area contributed by atoms with Gasteiger partial charge in [0.2, 0.25) is 0 Å². The third-order valence-corrected chi connectivity index (χ3v) is 4.63. The zero-order valence-corrected chi connectivity index (χ0v) is 11.4. The lowest BCUT2D eigenvalue weighted by molar-refractivity contribution is 0.141. The lowest BCUT2D eigenvalue weighted by atomic mass is 9.87. The first-order valence-electron chi connectivity index (χ1n) is 7.30. The molecule has 3 heteroatoms. The molecule has 100 valence electrons. The molecule has 0 aromatic heterocycles. The molecule has 1 aromatic carbocycles. The molecule has 0 aliphatic carbocycles. The summed E-state index contributed by atoms with van der Waals surface area (Å²) in [6.07, 6.45) is 4.45. The second-order valence-corrected chi connectivity index (χ2v) is 5.66. The van der Waals surface area contributed by atoms with Crippen LogP contribution in [0.15, 0.2) is 30.3 Å². The monoisotopic (exact) mass is 255 g/mol. The number of piperidine rings is 1. The topological polar surface area (TPSA) is 30.3 Å². The van der Waals surface area contributed by atoms with Gasteiger partial charge < -0.3 is 4.90 Å². The zero-order valence-electron chi connectivity index (χ0n) is 11.4. The summed E-state index contributed by atoms with van der Waals surface area (Å²) in [6.45, 7) is 4.21. The van der Waals surface area contributed by atoms with E-state index in [2.05, 4.69) is 46.2 Å². The van der Waals surface area contributed by atoms with Gasteiger partial charge in [-0.25, -0.2) is 0 Å². The predicted molar refractivity (Wildman–Crippen MR) is 77.0 cm³/mol. The molecule has 2 aliphatic rings. The van der Waals surface area contributed by atoms with Crippen LogP contribution >= 0.6 is 0 Å². The van der Waals surface area contributed by atoms with Crippen molar-refractivity contribution in [2.75, 3.05) is 31.1 Å². The lowest BCUT2D eigenvalue weighted by Gasteiger charge is -2.43. The zero-order chi connectivity index (χ0) is 13.1. The van der Waals surface area contributed by atoms with Gasteiger partial charge in [-0.1, -0.05) is 18.2 Å². The van der Waals surface area contributed by atoms with Crippen LogP contribution in [0.25, 0.3) is 0 Å². The third-order valence-electron chi connectivity index (χ3n) is 4.63. The van der Waals surface area contributed by atoms with Gasteiger partial charge in [0.1, 0.15) is 5.54 Å². The number of rotatable bonds is 2. The van der Waals surface area contributed by atoms with Crippen LogP contribution in [0.3, 0.4) is 0 Å². The first-order chi connectivity index (χ1) is 9.34. The van der Waals surface area contributed by atoms with Gasteiger partial charge in [-0.3, -0.25) is 4.90 Å². The Morgan fingerprint density at radius 1 is 0.947 bits per heavy atom. The van der Waals surface area contributed by atoms with Crippen molar-refractivity contribution >= 4 is 5.69 Å². The molecule has 0 amide bonds. The largest absolute Gasteiger partial charge is 0.371 e. The summed E-state index contributed by atoms with van der Waals surface area (Å²) < 4.78 is 0. The minimum absolute atomic E-state index is 0.193. The number of hydrogen-bond donors (Lipinski definition) is 0. The molecular formula is C16H21N3. The van der Waals surface area contributed by atoms with Crippen molar-refractivity contribution in [1.29, 1.82) is 5.26 Å². The Bertz CT molecular complexity index is 449. The van der Waals surface area contributed by atoms with E-state index in [1.54, 1.807) is 0 Å². The van der Waals surface area contributed by atoms with E-state index in [-0.39, 0.29) is 5.54 Å².